The molecule has 0 amide bonds. The van der Waals surface area contributed by atoms with Gasteiger partial charge < -0.3 is 4.74 Å². The molecule has 5 fully saturated rings. The van der Waals surface area contributed by atoms with Crippen molar-refractivity contribution >= 4 is 5.78 Å². The molecule has 1 spiro atoms. The van der Waals surface area contributed by atoms with E-state index in [4.69, 9.17) is 4.74 Å². The maximum Gasteiger partial charge on any atom is 0.133 e. The van der Waals surface area contributed by atoms with Crippen LogP contribution in [0, 0.1) is 35.0 Å². The van der Waals surface area contributed by atoms with Gasteiger partial charge in [0.15, 0.2) is 0 Å². The number of rotatable bonds is 1. The molecule has 0 aromatic rings. The molecular weight excluding hydrogens is 406 g/mol. The average molecular weight is 454 g/mol. The van der Waals surface area contributed by atoms with Gasteiger partial charge in [0.2, 0.25) is 0 Å². The van der Waals surface area contributed by atoms with E-state index >= 15 is 0 Å². The zero-order chi connectivity index (χ0) is 23.1. The van der Waals surface area contributed by atoms with Crippen LogP contribution in [-0.4, -0.2) is 41.0 Å². The van der Waals surface area contributed by atoms with E-state index in [-0.39, 0.29) is 5.60 Å². The van der Waals surface area contributed by atoms with Crippen molar-refractivity contribution in [2.45, 2.75) is 129 Å². The minimum Gasteiger partial charge on any atom is -0.369 e. The van der Waals surface area contributed by atoms with Gasteiger partial charge in [-0.15, -0.1) is 0 Å². The third-order valence-electron chi connectivity index (χ3n) is 12.0. The lowest BCUT2D eigenvalue weighted by Crippen LogP contribution is -2.52. The molecule has 0 unspecified atom stereocenters. The number of piperidine rings is 1. The molecule has 0 aromatic carbocycles. The van der Waals surface area contributed by atoms with Gasteiger partial charge in [0, 0.05) is 30.8 Å². The third kappa shape index (κ3) is 3.30. The maximum atomic E-state index is 12.2. The Kier molecular flexibility index (Phi) is 5.46. The largest absolute Gasteiger partial charge is 0.369 e. The Labute approximate surface area is 202 Å². The van der Waals surface area contributed by atoms with E-state index < -0.39 is 0 Å². The Morgan fingerprint density at radius 2 is 1.91 bits per heavy atom. The van der Waals surface area contributed by atoms with Crippen molar-refractivity contribution in [2.24, 2.45) is 35.0 Å². The molecule has 9 atom stereocenters. The van der Waals surface area contributed by atoms with Crippen LogP contribution in [0.15, 0.2) is 11.1 Å². The Balaban J connectivity index is 1.28. The quantitative estimate of drug-likeness (QED) is 0.421. The van der Waals surface area contributed by atoms with Crippen molar-refractivity contribution in [3.05, 3.63) is 11.1 Å². The predicted octanol–water partition coefficient (Wildman–Crippen LogP) is 6.55. The second kappa shape index (κ2) is 7.92. The molecule has 4 aliphatic carbocycles. The molecule has 184 valence electrons. The SMILES string of the molecule is CC1=C2C[C@H]3[C@@H](CC[C@@H]4CC(=O)CC[C@@]43C)[C@@H]2CC[C@@]2(C1)O[C@@H]1CCCN(C(C)C)[C@H]1[C@H]2C. The third-order valence-corrected chi connectivity index (χ3v) is 12.0. The van der Waals surface area contributed by atoms with Crippen molar-refractivity contribution in [3.63, 3.8) is 0 Å². The highest BCUT2D eigenvalue weighted by molar-refractivity contribution is 5.79. The highest BCUT2D eigenvalue weighted by Crippen LogP contribution is 2.65. The molecule has 2 aliphatic heterocycles. The highest BCUT2D eigenvalue weighted by atomic mass is 16.5. The number of carbonyl (C=O) groups is 1. The second-order valence-corrected chi connectivity index (χ2v) is 13.6. The lowest BCUT2D eigenvalue weighted by Gasteiger charge is -2.52. The summed E-state index contributed by atoms with van der Waals surface area (Å²) in [7, 11) is 0. The predicted molar refractivity (Wildman–Crippen MR) is 133 cm³/mol. The fourth-order valence-electron chi connectivity index (χ4n) is 10.2. The van der Waals surface area contributed by atoms with Gasteiger partial charge in [-0.25, -0.2) is 0 Å². The maximum absolute atomic E-state index is 12.2. The number of carbonyl (C=O) groups excluding carboxylic acids is 1. The number of ether oxygens (including phenoxy) is 1. The van der Waals surface area contributed by atoms with Gasteiger partial charge in [-0.3, -0.25) is 9.69 Å². The van der Waals surface area contributed by atoms with E-state index in [0.717, 1.165) is 43.4 Å². The van der Waals surface area contributed by atoms with E-state index in [0.29, 0.717) is 41.2 Å². The minimum absolute atomic E-state index is 0.0576. The number of Topliss-reactive ketones (excluding diaryl/α,β-unsaturated/α-hetero) is 1. The summed E-state index contributed by atoms with van der Waals surface area (Å²) in [4.78, 5) is 15.0. The summed E-state index contributed by atoms with van der Waals surface area (Å²) < 4.78 is 7.14. The lowest BCUT2D eigenvalue weighted by atomic mass is 9.52. The Morgan fingerprint density at radius 1 is 1.09 bits per heavy atom. The standard InChI is InChI=1S/C30H47NO2/c1-18(2)31-14-6-7-27-28(31)20(4)30(33-27)13-11-23-24-9-8-21-15-22(32)10-12-29(21,5)26(24)16-25(23)19(3)17-30/h18,20-21,23-24,26-28H,6-17H2,1-5H3/t20-,21-,23+,24+,26+,27-,28+,29+,30+/m1/s1. The van der Waals surface area contributed by atoms with Crippen LogP contribution in [0.3, 0.4) is 0 Å². The van der Waals surface area contributed by atoms with Gasteiger partial charge in [-0.2, -0.15) is 0 Å². The van der Waals surface area contributed by atoms with Crippen LogP contribution >= 0.6 is 0 Å². The molecule has 0 aromatic heterocycles. The number of allylic oxidation sites excluding steroid dienone is 1. The first-order chi connectivity index (χ1) is 15.7. The van der Waals surface area contributed by atoms with Crippen LogP contribution in [0.4, 0.5) is 0 Å². The Bertz CT molecular complexity index is 846. The van der Waals surface area contributed by atoms with E-state index in [1.54, 1.807) is 5.57 Å². The minimum atomic E-state index is 0.0576. The first-order valence-electron chi connectivity index (χ1n) is 14.4. The molecule has 33 heavy (non-hydrogen) atoms. The van der Waals surface area contributed by atoms with E-state index in [1.165, 1.54) is 51.5 Å². The van der Waals surface area contributed by atoms with Crippen molar-refractivity contribution < 1.29 is 9.53 Å². The molecule has 2 heterocycles. The van der Waals surface area contributed by atoms with Crippen LogP contribution in [0.1, 0.15) is 105 Å². The molecule has 2 saturated heterocycles. The first kappa shape index (κ1) is 22.8. The lowest BCUT2D eigenvalue weighted by molar-refractivity contribution is -0.129. The van der Waals surface area contributed by atoms with Crippen molar-refractivity contribution in [1.29, 1.82) is 0 Å². The van der Waals surface area contributed by atoms with Crippen molar-refractivity contribution in [1.82, 2.24) is 4.90 Å². The van der Waals surface area contributed by atoms with Crippen LogP contribution in [0.5, 0.6) is 0 Å². The van der Waals surface area contributed by atoms with Crippen LogP contribution < -0.4 is 0 Å². The summed E-state index contributed by atoms with van der Waals surface area (Å²) in [6.45, 7) is 13.6. The normalized spacial score (nSPS) is 50.2. The van der Waals surface area contributed by atoms with Gasteiger partial charge in [-0.1, -0.05) is 25.0 Å². The number of hydrogen-bond acceptors (Lipinski definition) is 3. The van der Waals surface area contributed by atoms with E-state index in [9.17, 15) is 4.79 Å². The summed E-state index contributed by atoms with van der Waals surface area (Å²) in [5, 5.41) is 0. The van der Waals surface area contributed by atoms with Crippen molar-refractivity contribution in [2.75, 3.05) is 6.54 Å². The molecular formula is C30H47NO2. The number of fused-ring (bicyclic) bond motifs is 6. The van der Waals surface area contributed by atoms with Gasteiger partial charge >= 0.3 is 0 Å². The molecule has 6 aliphatic rings. The zero-order valence-corrected chi connectivity index (χ0v) is 21.9. The average Bonchev–Trinajstić information content (AvgIpc) is 3.25. The van der Waals surface area contributed by atoms with E-state index in [2.05, 4.69) is 39.5 Å². The topological polar surface area (TPSA) is 29.5 Å². The van der Waals surface area contributed by atoms with Gasteiger partial charge in [-0.05, 0) is 114 Å². The van der Waals surface area contributed by atoms with Gasteiger partial charge in [0.25, 0.3) is 0 Å². The fourth-order valence-corrected chi connectivity index (χ4v) is 10.2. The number of hydrogen-bond donors (Lipinski definition) is 0. The smallest absolute Gasteiger partial charge is 0.133 e. The molecule has 3 nitrogen and oxygen atoms in total. The molecule has 3 saturated carbocycles. The second-order valence-electron chi connectivity index (χ2n) is 13.6. The van der Waals surface area contributed by atoms with Gasteiger partial charge in [0.05, 0.1) is 11.7 Å². The summed E-state index contributed by atoms with van der Waals surface area (Å²) in [6, 6.07) is 1.22. The van der Waals surface area contributed by atoms with Crippen LogP contribution in [-0.2, 0) is 9.53 Å². The first-order valence-corrected chi connectivity index (χ1v) is 14.4. The van der Waals surface area contributed by atoms with E-state index in [1.807, 2.05) is 5.57 Å². The number of nitrogens with zero attached hydrogens (tertiary/aromatic N) is 1. The van der Waals surface area contributed by atoms with Gasteiger partial charge in [0.1, 0.15) is 5.78 Å². The molecule has 0 bridgehead atoms. The summed E-state index contributed by atoms with van der Waals surface area (Å²) >= 11 is 0. The highest BCUT2D eigenvalue weighted by Gasteiger charge is 2.60. The monoisotopic (exact) mass is 453 g/mol. The molecule has 0 N–H and O–H groups in total. The molecule has 6 rings (SSSR count). The van der Waals surface area contributed by atoms with Crippen molar-refractivity contribution in [3.8, 4) is 0 Å². The summed E-state index contributed by atoms with van der Waals surface area (Å²) in [6.07, 6.45) is 13.5. The zero-order valence-electron chi connectivity index (χ0n) is 21.9. The Hall–Kier alpha value is -0.670. The summed E-state index contributed by atoms with van der Waals surface area (Å²) in [5.74, 6) is 4.25. The fraction of sp³-hybridized carbons (Fsp3) is 0.900. The number of likely N-dealkylation sites (tertiary alicyclic amines) is 1. The molecule has 3 heteroatoms. The number of ketones is 1. The molecule has 0 radical (unpaired) electrons. The Morgan fingerprint density at radius 3 is 2.70 bits per heavy atom. The van der Waals surface area contributed by atoms with Crippen LogP contribution in [0.25, 0.3) is 0 Å². The summed E-state index contributed by atoms with van der Waals surface area (Å²) in [5.41, 5.74) is 3.97. The van der Waals surface area contributed by atoms with Crippen LogP contribution in [0.2, 0.25) is 0 Å².